The van der Waals surface area contributed by atoms with Crippen LogP contribution in [0.3, 0.4) is 0 Å². The maximum Gasteiger partial charge on any atom is 0.240 e. The minimum absolute atomic E-state index is 0.134. The number of anilines is 1. The Bertz CT molecular complexity index is 694. The second-order valence-electron chi connectivity index (χ2n) is 5.37. The van der Waals surface area contributed by atoms with E-state index in [4.69, 9.17) is 0 Å². The van der Waals surface area contributed by atoms with Gasteiger partial charge in [-0.3, -0.25) is 4.31 Å². The highest BCUT2D eigenvalue weighted by Gasteiger charge is 2.26. The van der Waals surface area contributed by atoms with Gasteiger partial charge in [-0.1, -0.05) is 0 Å². The number of sulfonamides is 2. The number of nitrogens with one attached hydrogen (secondary N) is 1. The Kier molecular flexibility index (Phi) is 4.60. The molecule has 0 bridgehead atoms. The van der Waals surface area contributed by atoms with E-state index < -0.39 is 20.0 Å². The molecule has 21 heavy (non-hydrogen) atoms. The lowest BCUT2D eigenvalue weighted by atomic mass is 10.3. The van der Waals surface area contributed by atoms with Crippen molar-refractivity contribution in [2.45, 2.75) is 37.6 Å². The Hall–Kier alpha value is -1.12. The van der Waals surface area contributed by atoms with Gasteiger partial charge in [0, 0.05) is 12.6 Å². The van der Waals surface area contributed by atoms with E-state index in [9.17, 15) is 16.8 Å². The van der Waals surface area contributed by atoms with Crippen molar-refractivity contribution >= 4 is 25.7 Å². The highest BCUT2D eigenvalue weighted by Crippen LogP contribution is 2.24. The van der Waals surface area contributed by atoms with E-state index in [1.54, 1.807) is 13.8 Å². The molecule has 118 valence electrons. The molecule has 1 N–H and O–H groups in total. The Labute approximate surface area is 126 Å². The molecule has 0 unspecified atom stereocenters. The Morgan fingerprint density at radius 1 is 1.14 bits per heavy atom. The van der Waals surface area contributed by atoms with Gasteiger partial charge >= 0.3 is 0 Å². The quantitative estimate of drug-likeness (QED) is 0.901. The number of hydrogen-bond acceptors (Lipinski definition) is 4. The SMILES string of the molecule is CC(C)NS(=O)(=O)c1ccc(N2CCCCS2(=O)=O)cc1. The van der Waals surface area contributed by atoms with Crippen molar-refractivity contribution in [1.82, 2.24) is 4.72 Å². The number of nitrogens with zero attached hydrogens (tertiary/aromatic N) is 1. The molecule has 0 aliphatic carbocycles. The smallest absolute Gasteiger partial charge is 0.240 e. The Morgan fingerprint density at radius 2 is 1.76 bits per heavy atom. The zero-order chi connectivity index (χ0) is 15.7. The minimum atomic E-state index is -3.55. The van der Waals surface area contributed by atoms with Crippen LogP contribution in [0.2, 0.25) is 0 Å². The highest BCUT2D eigenvalue weighted by atomic mass is 32.2. The summed E-state index contributed by atoms with van der Waals surface area (Å²) in [7, 11) is -6.83. The number of hydrogen-bond donors (Lipinski definition) is 1. The topological polar surface area (TPSA) is 83.6 Å². The maximum atomic E-state index is 12.0. The van der Waals surface area contributed by atoms with E-state index in [0.29, 0.717) is 18.7 Å². The van der Waals surface area contributed by atoms with E-state index in [1.807, 2.05) is 0 Å². The summed E-state index contributed by atoms with van der Waals surface area (Å²) in [5, 5.41) is 0. The third kappa shape index (κ3) is 3.75. The Morgan fingerprint density at radius 3 is 2.29 bits per heavy atom. The van der Waals surface area contributed by atoms with Crippen LogP contribution in [0.1, 0.15) is 26.7 Å². The zero-order valence-electron chi connectivity index (χ0n) is 12.1. The third-order valence-corrected chi connectivity index (χ3v) is 6.72. The van der Waals surface area contributed by atoms with Crippen LogP contribution in [-0.4, -0.2) is 35.2 Å². The fourth-order valence-electron chi connectivity index (χ4n) is 2.25. The first-order chi connectivity index (χ1) is 9.72. The molecule has 6 nitrogen and oxygen atoms in total. The summed E-state index contributed by atoms with van der Waals surface area (Å²) >= 11 is 0. The lowest BCUT2D eigenvalue weighted by molar-refractivity contribution is 0.570. The van der Waals surface area contributed by atoms with Crippen LogP contribution >= 0.6 is 0 Å². The number of benzene rings is 1. The largest absolute Gasteiger partial charge is 0.270 e. The van der Waals surface area contributed by atoms with Gasteiger partial charge < -0.3 is 0 Å². The summed E-state index contributed by atoms with van der Waals surface area (Å²) in [6.07, 6.45) is 1.48. The van der Waals surface area contributed by atoms with Gasteiger partial charge in [-0.05, 0) is 51.0 Å². The molecule has 0 atom stereocenters. The standard InChI is InChI=1S/C13H20N2O4S2/c1-11(2)14-21(18,19)13-7-5-12(6-8-13)15-9-3-4-10-20(15,16)17/h5-8,11,14H,3-4,9-10H2,1-2H3. The molecular weight excluding hydrogens is 312 g/mol. The average molecular weight is 332 g/mol. The molecule has 1 aromatic carbocycles. The van der Waals surface area contributed by atoms with E-state index in [-0.39, 0.29) is 16.7 Å². The van der Waals surface area contributed by atoms with Crippen LogP contribution < -0.4 is 9.03 Å². The molecule has 1 aliphatic rings. The average Bonchev–Trinajstić information content (AvgIpc) is 2.37. The van der Waals surface area contributed by atoms with E-state index >= 15 is 0 Å². The molecule has 0 saturated carbocycles. The lowest BCUT2D eigenvalue weighted by Crippen LogP contribution is -2.37. The first-order valence-corrected chi connectivity index (χ1v) is 9.94. The summed E-state index contributed by atoms with van der Waals surface area (Å²) in [6, 6.07) is 5.75. The van der Waals surface area contributed by atoms with Crippen molar-refractivity contribution in [3.05, 3.63) is 24.3 Å². The summed E-state index contributed by atoms with van der Waals surface area (Å²) in [5.41, 5.74) is 0.512. The molecule has 0 radical (unpaired) electrons. The van der Waals surface area contributed by atoms with Crippen molar-refractivity contribution in [1.29, 1.82) is 0 Å². The van der Waals surface area contributed by atoms with Gasteiger partial charge in [0.15, 0.2) is 0 Å². The first-order valence-electron chi connectivity index (χ1n) is 6.85. The molecule has 1 fully saturated rings. The van der Waals surface area contributed by atoms with Crippen LogP contribution in [-0.2, 0) is 20.0 Å². The first kappa shape index (κ1) is 16.3. The van der Waals surface area contributed by atoms with Crippen molar-refractivity contribution in [2.24, 2.45) is 0 Å². The fourth-order valence-corrected chi connectivity index (χ4v) is 5.14. The van der Waals surface area contributed by atoms with Crippen LogP contribution in [0, 0.1) is 0 Å². The van der Waals surface area contributed by atoms with Crippen molar-refractivity contribution in [3.8, 4) is 0 Å². The van der Waals surface area contributed by atoms with Gasteiger partial charge in [0.05, 0.1) is 16.3 Å². The Balaban J connectivity index is 2.27. The van der Waals surface area contributed by atoms with Crippen molar-refractivity contribution in [3.63, 3.8) is 0 Å². The fraction of sp³-hybridized carbons (Fsp3) is 0.538. The van der Waals surface area contributed by atoms with E-state index in [2.05, 4.69) is 4.72 Å². The molecular formula is C13H20N2O4S2. The molecule has 1 aromatic rings. The van der Waals surface area contributed by atoms with Gasteiger partial charge in [-0.2, -0.15) is 0 Å². The summed E-state index contributed by atoms with van der Waals surface area (Å²) < 4.78 is 51.9. The molecule has 2 rings (SSSR count). The van der Waals surface area contributed by atoms with Gasteiger partial charge in [0.2, 0.25) is 20.0 Å². The minimum Gasteiger partial charge on any atom is -0.270 e. The van der Waals surface area contributed by atoms with Crippen LogP contribution in [0.4, 0.5) is 5.69 Å². The highest BCUT2D eigenvalue weighted by molar-refractivity contribution is 7.92. The monoisotopic (exact) mass is 332 g/mol. The second kappa shape index (κ2) is 5.94. The van der Waals surface area contributed by atoms with Gasteiger partial charge in [-0.15, -0.1) is 0 Å². The van der Waals surface area contributed by atoms with Crippen LogP contribution in [0.15, 0.2) is 29.2 Å². The summed E-state index contributed by atoms with van der Waals surface area (Å²) in [6.45, 7) is 3.93. The van der Waals surface area contributed by atoms with E-state index in [0.717, 1.165) is 6.42 Å². The molecule has 0 spiro atoms. The normalized spacial score (nSPS) is 18.9. The predicted octanol–water partition coefficient (Wildman–Crippen LogP) is 1.30. The van der Waals surface area contributed by atoms with Crippen LogP contribution in [0.5, 0.6) is 0 Å². The predicted molar refractivity (Wildman–Crippen MR) is 82.3 cm³/mol. The summed E-state index contributed by atoms with van der Waals surface area (Å²) in [4.78, 5) is 0.134. The molecule has 0 amide bonds. The van der Waals surface area contributed by atoms with Crippen LogP contribution in [0.25, 0.3) is 0 Å². The van der Waals surface area contributed by atoms with Crippen molar-refractivity contribution < 1.29 is 16.8 Å². The number of rotatable bonds is 4. The molecule has 8 heteroatoms. The molecule has 1 heterocycles. The summed E-state index contributed by atoms with van der Waals surface area (Å²) in [5.74, 6) is 0.141. The molecule has 1 saturated heterocycles. The molecule has 1 aliphatic heterocycles. The van der Waals surface area contributed by atoms with Gasteiger partial charge in [0.1, 0.15) is 0 Å². The third-order valence-electron chi connectivity index (χ3n) is 3.18. The zero-order valence-corrected chi connectivity index (χ0v) is 13.7. The van der Waals surface area contributed by atoms with Gasteiger partial charge in [0.25, 0.3) is 0 Å². The second-order valence-corrected chi connectivity index (χ2v) is 9.09. The lowest BCUT2D eigenvalue weighted by Gasteiger charge is -2.28. The van der Waals surface area contributed by atoms with E-state index in [1.165, 1.54) is 28.6 Å². The molecule has 0 aromatic heterocycles. The van der Waals surface area contributed by atoms with Crippen molar-refractivity contribution in [2.75, 3.05) is 16.6 Å². The van der Waals surface area contributed by atoms with Gasteiger partial charge in [-0.25, -0.2) is 21.6 Å². The maximum absolute atomic E-state index is 12.0.